The van der Waals surface area contributed by atoms with Gasteiger partial charge in [0.2, 0.25) is 5.91 Å². The molecule has 1 N–H and O–H groups in total. The molecule has 1 saturated carbocycles. The summed E-state index contributed by atoms with van der Waals surface area (Å²) in [5.41, 5.74) is 1.12. The predicted molar refractivity (Wildman–Crippen MR) is 75.1 cm³/mol. The van der Waals surface area contributed by atoms with Crippen LogP contribution in [0.2, 0.25) is 0 Å². The van der Waals surface area contributed by atoms with E-state index in [9.17, 15) is 4.79 Å². The van der Waals surface area contributed by atoms with Gasteiger partial charge in [-0.3, -0.25) is 4.79 Å². The minimum atomic E-state index is 0.140. The van der Waals surface area contributed by atoms with Crippen LogP contribution < -0.4 is 10.1 Å². The highest BCUT2D eigenvalue weighted by Crippen LogP contribution is 2.18. The molecular weight excluding hydrogens is 240 g/mol. The number of likely N-dealkylation sites (N-methyl/N-ethyl adjacent to an activating group) is 1. The van der Waals surface area contributed by atoms with Crippen molar-refractivity contribution in [3.8, 4) is 5.75 Å². The van der Waals surface area contributed by atoms with Gasteiger partial charge in [0.1, 0.15) is 5.75 Å². The summed E-state index contributed by atoms with van der Waals surface area (Å²) in [6, 6.07) is 8.47. The Hall–Kier alpha value is -1.55. The molecule has 4 nitrogen and oxygen atoms in total. The van der Waals surface area contributed by atoms with Gasteiger partial charge >= 0.3 is 0 Å². The Morgan fingerprint density at radius 2 is 2.05 bits per heavy atom. The van der Waals surface area contributed by atoms with E-state index >= 15 is 0 Å². The number of carbonyl (C=O) groups is 1. The summed E-state index contributed by atoms with van der Waals surface area (Å²) >= 11 is 0. The molecular formula is C15H22N2O2. The average Bonchev–Trinajstić information content (AvgIpc) is 3.22. The third-order valence-corrected chi connectivity index (χ3v) is 3.20. The van der Waals surface area contributed by atoms with Gasteiger partial charge < -0.3 is 15.0 Å². The lowest BCUT2D eigenvalue weighted by Gasteiger charge is -2.17. The van der Waals surface area contributed by atoms with Crippen LogP contribution in [0, 0.1) is 0 Å². The number of nitrogens with zero attached hydrogens (tertiary/aromatic N) is 1. The highest BCUT2D eigenvalue weighted by atomic mass is 16.5. The highest BCUT2D eigenvalue weighted by molar-refractivity contribution is 5.78. The fourth-order valence-electron chi connectivity index (χ4n) is 1.87. The first kappa shape index (κ1) is 13.9. The molecule has 1 fully saturated rings. The Kier molecular flexibility index (Phi) is 4.80. The van der Waals surface area contributed by atoms with Gasteiger partial charge in [0.25, 0.3) is 0 Å². The van der Waals surface area contributed by atoms with Crippen LogP contribution in [0.1, 0.15) is 25.3 Å². The van der Waals surface area contributed by atoms with E-state index in [-0.39, 0.29) is 5.91 Å². The molecule has 1 amide bonds. The van der Waals surface area contributed by atoms with E-state index in [0.717, 1.165) is 11.3 Å². The zero-order chi connectivity index (χ0) is 13.7. The Labute approximate surface area is 114 Å². The lowest BCUT2D eigenvalue weighted by molar-refractivity contribution is -0.129. The zero-order valence-corrected chi connectivity index (χ0v) is 11.7. The van der Waals surface area contributed by atoms with Crippen molar-refractivity contribution in [2.45, 2.75) is 32.4 Å². The van der Waals surface area contributed by atoms with Crippen molar-refractivity contribution in [2.24, 2.45) is 0 Å². The first-order valence-electron chi connectivity index (χ1n) is 6.88. The number of ether oxygens (including phenoxy) is 1. The number of benzene rings is 1. The molecule has 2 rings (SSSR count). The smallest absolute Gasteiger partial charge is 0.236 e. The summed E-state index contributed by atoms with van der Waals surface area (Å²) in [5, 5.41) is 3.24. The molecule has 0 aliphatic heterocycles. The van der Waals surface area contributed by atoms with E-state index in [4.69, 9.17) is 4.74 Å². The van der Waals surface area contributed by atoms with Crippen molar-refractivity contribution in [1.82, 2.24) is 10.2 Å². The molecule has 0 unspecified atom stereocenters. The first-order chi connectivity index (χ1) is 9.19. The lowest BCUT2D eigenvalue weighted by Crippen LogP contribution is -2.35. The minimum absolute atomic E-state index is 0.140. The maximum atomic E-state index is 11.9. The Morgan fingerprint density at radius 1 is 1.37 bits per heavy atom. The third kappa shape index (κ3) is 4.56. The number of rotatable bonds is 7. The molecule has 1 aliphatic carbocycles. The second-order valence-corrected chi connectivity index (χ2v) is 4.98. The van der Waals surface area contributed by atoms with E-state index in [2.05, 4.69) is 5.32 Å². The summed E-state index contributed by atoms with van der Waals surface area (Å²) < 4.78 is 5.39. The van der Waals surface area contributed by atoms with Gasteiger partial charge in [0.05, 0.1) is 13.2 Å². The second-order valence-electron chi connectivity index (χ2n) is 4.98. The third-order valence-electron chi connectivity index (χ3n) is 3.20. The molecule has 0 atom stereocenters. The molecule has 19 heavy (non-hydrogen) atoms. The van der Waals surface area contributed by atoms with E-state index in [1.807, 2.05) is 38.2 Å². The first-order valence-corrected chi connectivity index (χ1v) is 6.88. The van der Waals surface area contributed by atoms with Gasteiger partial charge in [0, 0.05) is 19.6 Å². The fraction of sp³-hybridized carbons (Fsp3) is 0.533. The molecule has 0 saturated heterocycles. The van der Waals surface area contributed by atoms with Crippen molar-refractivity contribution < 1.29 is 9.53 Å². The number of hydrogen-bond donors (Lipinski definition) is 1. The van der Waals surface area contributed by atoms with Crippen LogP contribution in [0.25, 0.3) is 0 Å². The van der Waals surface area contributed by atoms with Crippen molar-refractivity contribution in [2.75, 3.05) is 20.2 Å². The van der Waals surface area contributed by atoms with E-state index in [1.54, 1.807) is 4.90 Å². The van der Waals surface area contributed by atoms with Crippen molar-refractivity contribution in [3.05, 3.63) is 29.8 Å². The summed E-state index contributed by atoms with van der Waals surface area (Å²) in [6.07, 6.45) is 2.41. The van der Waals surface area contributed by atoms with E-state index < -0.39 is 0 Å². The maximum absolute atomic E-state index is 11.9. The molecule has 4 heteroatoms. The van der Waals surface area contributed by atoms with Crippen LogP contribution in [-0.2, 0) is 11.3 Å². The zero-order valence-electron chi connectivity index (χ0n) is 11.7. The fourth-order valence-corrected chi connectivity index (χ4v) is 1.87. The van der Waals surface area contributed by atoms with Crippen molar-refractivity contribution in [1.29, 1.82) is 0 Å². The van der Waals surface area contributed by atoms with Gasteiger partial charge in [-0.1, -0.05) is 12.1 Å². The largest absolute Gasteiger partial charge is 0.494 e. The van der Waals surface area contributed by atoms with Gasteiger partial charge in [0.15, 0.2) is 0 Å². The Bertz CT molecular complexity index is 413. The summed E-state index contributed by atoms with van der Waals surface area (Å²) in [6.45, 7) is 3.72. The standard InChI is InChI=1S/C15H22N2O2/c1-3-19-14-8-4-12(5-9-14)11-17(2)15(18)10-16-13-6-7-13/h4-5,8-9,13,16H,3,6-7,10-11H2,1-2H3. The molecule has 104 valence electrons. The normalized spacial score (nSPS) is 14.2. The van der Waals surface area contributed by atoms with E-state index in [0.29, 0.717) is 25.7 Å². The van der Waals surface area contributed by atoms with Crippen LogP contribution in [0.5, 0.6) is 5.75 Å². The molecule has 0 bridgehead atoms. The van der Waals surface area contributed by atoms with Gasteiger partial charge in [-0.2, -0.15) is 0 Å². The van der Waals surface area contributed by atoms with Crippen LogP contribution >= 0.6 is 0 Å². The molecule has 0 aromatic heterocycles. The predicted octanol–water partition coefficient (Wildman–Crippen LogP) is 1.80. The van der Waals surface area contributed by atoms with Crippen LogP contribution in [0.15, 0.2) is 24.3 Å². The molecule has 0 radical (unpaired) electrons. The molecule has 1 aromatic carbocycles. The van der Waals surface area contributed by atoms with Crippen LogP contribution in [0.4, 0.5) is 0 Å². The molecule has 0 heterocycles. The van der Waals surface area contributed by atoms with Crippen LogP contribution in [0.3, 0.4) is 0 Å². The minimum Gasteiger partial charge on any atom is -0.494 e. The number of hydrogen-bond acceptors (Lipinski definition) is 3. The Balaban J connectivity index is 1.79. The molecule has 1 aliphatic rings. The number of carbonyl (C=O) groups excluding carboxylic acids is 1. The lowest BCUT2D eigenvalue weighted by atomic mass is 10.2. The van der Waals surface area contributed by atoms with Gasteiger partial charge in [-0.15, -0.1) is 0 Å². The van der Waals surface area contributed by atoms with E-state index in [1.165, 1.54) is 12.8 Å². The second kappa shape index (κ2) is 6.57. The van der Waals surface area contributed by atoms with Gasteiger partial charge in [-0.25, -0.2) is 0 Å². The van der Waals surface area contributed by atoms with Crippen LogP contribution in [-0.4, -0.2) is 37.0 Å². The maximum Gasteiger partial charge on any atom is 0.236 e. The van der Waals surface area contributed by atoms with Crippen molar-refractivity contribution in [3.63, 3.8) is 0 Å². The van der Waals surface area contributed by atoms with Gasteiger partial charge in [-0.05, 0) is 37.5 Å². The summed E-state index contributed by atoms with van der Waals surface area (Å²) in [4.78, 5) is 13.6. The Morgan fingerprint density at radius 3 is 2.63 bits per heavy atom. The highest BCUT2D eigenvalue weighted by Gasteiger charge is 2.21. The topological polar surface area (TPSA) is 41.6 Å². The molecule has 0 spiro atoms. The SMILES string of the molecule is CCOc1ccc(CN(C)C(=O)CNC2CC2)cc1. The summed E-state index contributed by atoms with van der Waals surface area (Å²) in [7, 11) is 1.84. The quantitative estimate of drug-likeness (QED) is 0.814. The average molecular weight is 262 g/mol. The number of amides is 1. The molecule has 1 aromatic rings. The van der Waals surface area contributed by atoms with Crippen molar-refractivity contribution >= 4 is 5.91 Å². The monoisotopic (exact) mass is 262 g/mol. The number of nitrogens with one attached hydrogen (secondary N) is 1. The summed E-state index contributed by atoms with van der Waals surface area (Å²) in [5.74, 6) is 1.01.